The number of anilines is 3. The first kappa shape index (κ1) is 22.1. The van der Waals surface area contributed by atoms with Crippen molar-refractivity contribution in [3.05, 3.63) is 158 Å². The molecule has 7 aromatic rings. The summed E-state index contributed by atoms with van der Waals surface area (Å²) in [4.78, 5) is 2.37. The summed E-state index contributed by atoms with van der Waals surface area (Å²) in [7, 11) is 0. The van der Waals surface area contributed by atoms with Crippen LogP contribution < -0.4 is 4.90 Å². The number of benzene rings is 6. The summed E-state index contributed by atoms with van der Waals surface area (Å²) >= 11 is 0. The highest BCUT2D eigenvalue weighted by Crippen LogP contribution is 2.42. The number of para-hydroxylation sites is 5. The van der Waals surface area contributed by atoms with E-state index in [2.05, 4.69) is 167 Å². The molecule has 0 saturated heterocycles. The molecule has 0 radical (unpaired) electrons. The summed E-state index contributed by atoms with van der Waals surface area (Å²) in [6, 6.07) is 56.1. The van der Waals surface area contributed by atoms with Crippen LogP contribution in [0.4, 0.5) is 17.1 Å². The van der Waals surface area contributed by atoms with Crippen molar-refractivity contribution < 1.29 is 0 Å². The second kappa shape index (κ2) is 9.42. The molecular weight excluding hydrogens is 460 g/mol. The van der Waals surface area contributed by atoms with Gasteiger partial charge in [0.15, 0.2) is 0 Å². The van der Waals surface area contributed by atoms with Crippen molar-refractivity contribution in [2.75, 3.05) is 4.90 Å². The molecule has 0 spiro atoms. The van der Waals surface area contributed by atoms with E-state index in [4.69, 9.17) is 0 Å². The molecule has 0 bridgehead atoms. The van der Waals surface area contributed by atoms with Crippen LogP contribution in [0, 0.1) is 0 Å². The Morgan fingerprint density at radius 3 is 1.63 bits per heavy atom. The number of rotatable bonds is 5. The van der Waals surface area contributed by atoms with Gasteiger partial charge in [0.1, 0.15) is 0 Å². The average Bonchev–Trinajstić information content (AvgIpc) is 3.33. The maximum absolute atomic E-state index is 2.40. The first-order chi connectivity index (χ1) is 18.9. The van der Waals surface area contributed by atoms with E-state index >= 15 is 0 Å². The van der Waals surface area contributed by atoms with Crippen molar-refractivity contribution in [3.8, 4) is 16.8 Å². The van der Waals surface area contributed by atoms with Gasteiger partial charge in [-0.25, -0.2) is 0 Å². The third kappa shape index (κ3) is 3.75. The number of aromatic nitrogens is 1. The SMILES string of the molecule is c1ccc(-c2cccc(N(c3ccccc3)c3ccccc3-n3c4ccccc4c4ccccc43)c2)cc1. The van der Waals surface area contributed by atoms with Gasteiger partial charge >= 0.3 is 0 Å². The van der Waals surface area contributed by atoms with Crippen LogP contribution in [0.15, 0.2) is 158 Å². The standard InChI is InChI=1S/C36H26N2/c1-3-14-27(15-4-1)28-16-13-19-30(26-28)37(29-17-5-2-6-18-29)35-24-11-12-25-36(35)38-33-22-9-7-20-31(33)32-21-8-10-23-34(32)38/h1-26H. The molecule has 0 amide bonds. The van der Waals surface area contributed by atoms with E-state index in [-0.39, 0.29) is 0 Å². The van der Waals surface area contributed by atoms with Crippen molar-refractivity contribution in [2.24, 2.45) is 0 Å². The first-order valence-corrected chi connectivity index (χ1v) is 13.0. The molecule has 0 N–H and O–H groups in total. The summed E-state index contributed by atoms with van der Waals surface area (Å²) in [5, 5.41) is 2.52. The van der Waals surface area contributed by atoms with Crippen LogP contribution in [0.3, 0.4) is 0 Å². The quantitative estimate of drug-likeness (QED) is 0.235. The molecule has 6 aromatic carbocycles. The minimum Gasteiger partial charge on any atom is -0.308 e. The molecule has 0 atom stereocenters. The van der Waals surface area contributed by atoms with Crippen molar-refractivity contribution in [3.63, 3.8) is 0 Å². The lowest BCUT2D eigenvalue weighted by molar-refractivity contribution is 1.15. The summed E-state index contributed by atoms with van der Waals surface area (Å²) < 4.78 is 2.40. The van der Waals surface area contributed by atoms with Gasteiger partial charge in [-0.05, 0) is 59.7 Å². The Labute approximate surface area is 222 Å². The minimum absolute atomic E-state index is 1.12. The number of nitrogens with zero attached hydrogens (tertiary/aromatic N) is 2. The van der Waals surface area contributed by atoms with Crippen LogP contribution >= 0.6 is 0 Å². The molecule has 7 rings (SSSR count). The Balaban J connectivity index is 1.50. The lowest BCUT2D eigenvalue weighted by Crippen LogP contribution is -2.13. The Hall–Kier alpha value is -5.08. The normalized spacial score (nSPS) is 11.2. The fourth-order valence-corrected chi connectivity index (χ4v) is 5.48. The van der Waals surface area contributed by atoms with E-state index in [1.165, 1.54) is 32.9 Å². The maximum atomic E-state index is 2.40. The first-order valence-electron chi connectivity index (χ1n) is 13.0. The third-order valence-electron chi connectivity index (χ3n) is 7.17. The highest BCUT2D eigenvalue weighted by atomic mass is 15.2. The van der Waals surface area contributed by atoms with Crippen LogP contribution in [0.2, 0.25) is 0 Å². The van der Waals surface area contributed by atoms with Gasteiger partial charge in [-0.2, -0.15) is 0 Å². The molecule has 1 heterocycles. The lowest BCUT2D eigenvalue weighted by atomic mass is 10.0. The van der Waals surface area contributed by atoms with E-state index in [1.54, 1.807) is 0 Å². The van der Waals surface area contributed by atoms with E-state index in [9.17, 15) is 0 Å². The van der Waals surface area contributed by atoms with E-state index in [0.29, 0.717) is 0 Å². The zero-order valence-corrected chi connectivity index (χ0v) is 20.9. The van der Waals surface area contributed by atoms with E-state index in [0.717, 1.165) is 22.7 Å². The summed E-state index contributed by atoms with van der Waals surface area (Å²) in [5.41, 5.74) is 9.29. The van der Waals surface area contributed by atoms with Crippen molar-refractivity contribution in [1.82, 2.24) is 4.57 Å². The Morgan fingerprint density at radius 2 is 0.921 bits per heavy atom. The molecule has 0 aliphatic heterocycles. The second-order valence-corrected chi connectivity index (χ2v) is 9.45. The van der Waals surface area contributed by atoms with Gasteiger partial charge in [-0.1, -0.05) is 109 Å². The Bertz CT molecular complexity index is 1810. The van der Waals surface area contributed by atoms with Gasteiger partial charge < -0.3 is 9.47 Å². The van der Waals surface area contributed by atoms with Crippen LogP contribution in [0.1, 0.15) is 0 Å². The van der Waals surface area contributed by atoms with Gasteiger partial charge in [-0.3, -0.25) is 0 Å². The molecule has 1 aromatic heterocycles. The van der Waals surface area contributed by atoms with Crippen LogP contribution in [-0.4, -0.2) is 4.57 Å². The van der Waals surface area contributed by atoms with Crippen LogP contribution in [-0.2, 0) is 0 Å². The molecule has 2 nitrogen and oxygen atoms in total. The Kier molecular flexibility index (Phi) is 5.49. The van der Waals surface area contributed by atoms with Crippen molar-refractivity contribution in [2.45, 2.75) is 0 Å². The fourth-order valence-electron chi connectivity index (χ4n) is 5.48. The zero-order valence-electron chi connectivity index (χ0n) is 20.9. The van der Waals surface area contributed by atoms with Gasteiger partial charge in [-0.15, -0.1) is 0 Å². The molecule has 180 valence electrons. The smallest absolute Gasteiger partial charge is 0.0702 e. The second-order valence-electron chi connectivity index (χ2n) is 9.45. The molecule has 0 saturated carbocycles. The highest BCUT2D eigenvalue weighted by Gasteiger charge is 2.20. The molecular formula is C36H26N2. The predicted octanol–water partition coefficient (Wildman–Crippen LogP) is 9.92. The molecule has 0 aliphatic rings. The molecule has 0 fully saturated rings. The predicted molar refractivity (Wildman–Crippen MR) is 161 cm³/mol. The van der Waals surface area contributed by atoms with Crippen molar-refractivity contribution >= 4 is 38.9 Å². The summed E-state index contributed by atoms with van der Waals surface area (Å²) in [6.45, 7) is 0. The Morgan fingerprint density at radius 1 is 0.395 bits per heavy atom. The molecule has 0 unspecified atom stereocenters. The van der Waals surface area contributed by atoms with Crippen LogP contribution in [0.25, 0.3) is 38.6 Å². The zero-order chi connectivity index (χ0) is 25.3. The van der Waals surface area contributed by atoms with Crippen LogP contribution in [0.5, 0.6) is 0 Å². The summed E-state index contributed by atoms with van der Waals surface area (Å²) in [5.74, 6) is 0. The topological polar surface area (TPSA) is 8.17 Å². The number of hydrogen-bond donors (Lipinski definition) is 0. The minimum atomic E-state index is 1.12. The fraction of sp³-hybridized carbons (Fsp3) is 0. The van der Waals surface area contributed by atoms with E-state index < -0.39 is 0 Å². The lowest BCUT2D eigenvalue weighted by Gasteiger charge is -2.28. The van der Waals surface area contributed by atoms with Gasteiger partial charge in [0.05, 0.1) is 22.4 Å². The van der Waals surface area contributed by atoms with Gasteiger partial charge in [0.2, 0.25) is 0 Å². The number of fused-ring (bicyclic) bond motifs is 3. The van der Waals surface area contributed by atoms with Crippen molar-refractivity contribution in [1.29, 1.82) is 0 Å². The van der Waals surface area contributed by atoms with Gasteiger partial charge in [0.25, 0.3) is 0 Å². The largest absolute Gasteiger partial charge is 0.308 e. The maximum Gasteiger partial charge on any atom is 0.0702 e. The van der Waals surface area contributed by atoms with Gasteiger partial charge in [0, 0.05) is 22.1 Å². The summed E-state index contributed by atoms with van der Waals surface area (Å²) in [6.07, 6.45) is 0. The molecule has 2 heteroatoms. The van der Waals surface area contributed by atoms with E-state index in [1.807, 2.05) is 0 Å². The monoisotopic (exact) mass is 486 g/mol. The molecule has 0 aliphatic carbocycles. The number of hydrogen-bond acceptors (Lipinski definition) is 1. The third-order valence-corrected chi connectivity index (χ3v) is 7.17. The highest BCUT2D eigenvalue weighted by molar-refractivity contribution is 6.09. The molecule has 38 heavy (non-hydrogen) atoms. The average molecular weight is 487 g/mol.